The number of aromatic nitrogens is 1. The van der Waals surface area contributed by atoms with Gasteiger partial charge in [0.15, 0.2) is 0 Å². The van der Waals surface area contributed by atoms with E-state index in [4.69, 9.17) is 23.2 Å². The van der Waals surface area contributed by atoms with Gasteiger partial charge in [-0.2, -0.15) is 0 Å². The predicted octanol–water partition coefficient (Wildman–Crippen LogP) is 4.94. The van der Waals surface area contributed by atoms with Crippen LogP contribution < -0.4 is 0 Å². The summed E-state index contributed by atoms with van der Waals surface area (Å²) in [4.78, 5) is 5.49. The third-order valence-electron chi connectivity index (χ3n) is 3.62. The van der Waals surface area contributed by atoms with Crippen molar-refractivity contribution in [2.75, 3.05) is 11.8 Å². The topological polar surface area (TPSA) is 12.9 Å². The molecule has 0 radical (unpaired) electrons. The number of hydrogen-bond acceptors (Lipinski definition) is 2. The summed E-state index contributed by atoms with van der Waals surface area (Å²) < 4.78 is 13.5. The zero-order chi connectivity index (χ0) is 14.6. The average Bonchev–Trinajstić information content (AvgIpc) is 2.86. The molecular formula is C15H16Cl2FNS. The van der Waals surface area contributed by atoms with Crippen molar-refractivity contribution in [3.05, 3.63) is 51.7 Å². The minimum atomic E-state index is -0.401. The van der Waals surface area contributed by atoms with Crippen LogP contribution in [0, 0.1) is 12.7 Å². The average molecular weight is 332 g/mol. The van der Waals surface area contributed by atoms with Crippen LogP contribution in [-0.4, -0.2) is 16.7 Å². The molecular weight excluding hydrogens is 316 g/mol. The number of thiazole rings is 1. The zero-order valence-electron chi connectivity index (χ0n) is 11.2. The van der Waals surface area contributed by atoms with E-state index in [1.165, 1.54) is 17.0 Å². The first-order valence-electron chi connectivity index (χ1n) is 6.38. The second kappa shape index (κ2) is 6.88. The first-order chi connectivity index (χ1) is 9.61. The molecule has 20 heavy (non-hydrogen) atoms. The van der Waals surface area contributed by atoms with Gasteiger partial charge in [0.1, 0.15) is 5.82 Å². The summed E-state index contributed by atoms with van der Waals surface area (Å²) in [6.45, 7) is 2.00. The maximum absolute atomic E-state index is 13.5. The van der Waals surface area contributed by atoms with Crippen LogP contribution in [0.4, 0.5) is 4.39 Å². The van der Waals surface area contributed by atoms with Gasteiger partial charge < -0.3 is 0 Å². The number of nitrogens with zero attached hydrogens (tertiary/aromatic N) is 1. The van der Waals surface area contributed by atoms with Crippen LogP contribution in [0.3, 0.4) is 0 Å². The summed E-state index contributed by atoms with van der Waals surface area (Å²) in [6, 6.07) is 6.57. The molecule has 0 aliphatic carbocycles. The highest BCUT2D eigenvalue weighted by molar-refractivity contribution is 7.09. The predicted molar refractivity (Wildman–Crippen MR) is 84.7 cm³/mol. The Balaban J connectivity index is 2.23. The summed E-state index contributed by atoms with van der Waals surface area (Å²) in [5, 5.41) is 0. The summed E-state index contributed by atoms with van der Waals surface area (Å²) in [5.74, 6) is 0.492. The van der Waals surface area contributed by atoms with Gasteiger partial charge in [-0.05, 0) is 37.5 Å². The van der Waals surface area contributed by atoms with Crippen molar-refractivity contribution in [1.29, 1.82) is 0 Å². The third kappa shape index (κ3) is 3.33. The molecule has 0 aliphatic rings. The molecule has 0 aliphatic heterocycles. The summed E-state index contributed by atoms with van der Waals surface area (Å²) >= 11 is 14.0. The van der Waals surface area contributed by atoms with Crippen LogP contribution in [0.1, 0.15) is 22.6 Å². The molecule has 0 spiro atoms. The van der Waals surface area contributed by atoms with Crippen molar-refractivity contribution >= 4 is 34.5 Å². The molecule has 2 rings (SSSR count). The lowest BCUT2D eigenvalue weighted by Crippen LogP contribution is -2.31. The van der Waals surface area contributed by atoms with Crippen LogP contribution in [0.5, 0.6) is 0 Å². The quantitative estimate of drug-likeness (QED) is 0.683. The van der Waals surface area contributed by atoms with Gasteiger partial charge in [-0.3, -0.25) is 0 Å². The molecule has 2 aromatic rings. The highest BCUT2D eigenvalue weighted by Gasteiger charge is 2.31. The molecule has 0 saturated heterocycles. The molecule has 0 fully saturated rings. The number of rotatable bonds is 6. The van der Waals surface area contributed by atoms with E-state index in [0.717, 1.165) is 24.1 Å². The van der Waals surface area contributed by atoms with E-state index >= 15 is 0 Å². The van der Waals surface area contributed by atoms with Crippen LogP contribution in [0.25, 0.3) is 0 Å². The molecule has 1 nitrogen and oxygen atoms in total. The van der Waals surface area contributed by atoms with Crippen molar-refractivity contribution in [2.24, 2.45) is 0 Å². The third-order valence-corrected chi connectivity index (χ3v) is 5.64. The molecule has 0 amide bonds. The zero-order valence-corrected chi connectivity index (χ0v) is 13.5. The number of alkyl halides is 2. The van der Waals surface area contributed by atoms with Gasteiger partial charge in [0.25, 0.3) is 0 Å². The highest BCUT2D eigenvalue weighted by Crippen LogP contribution is 2.34. The molecule has 108 valence electrons. The molecule has 0 saturated carbocycles. The Kier molecular flexibility index (Phi) is 5.42. The first kappa shape index (κ1) is 15.7. The van der Waals surface area contributed by atoms with Crippen molar-refractivity contribution in [2.45, 2.75) is 25.2 Å². The van der Waals surface area contributed by atoms with E-state index in [9.17, 15) is 4.39 Å². The fourth-order valence-electron chi connectivity index (χ4n) is 2.21. The Morgan fingerprint density at radius 1 is 1.30 bits per heavy atom. The molecule has 0 bridgehead atoms. The molecule has 5 heteroatoms. The van der Waals surface area contributed by atoms with Crippen LogP contribution in [0.15, 0.2) is 29.8 Å². The molecule has 0 atom stereocenters. The molecule has 1 aromatic heterocycles. The highest BCUT2D eigenvalue weighted by atomic mass is 35.5. The van der Waals surface area contributed by atoms with Crippen LogP contribution in [-0.2, 0) is 11.8 Å². The maximum atomic E-state index is 13.5. The van der Waals surface area contributed by atoms with Gasteiger partial charge in [0, 0.05) is 22.1 Å². The van der Waals surface area contributed by atoms with Gasteiger partial charge in [-0.25, -0.2) is 9.37 Å². The second-order valence-corrected chi connectivity index (χ2v) is 6.39. The Bertz CT molecular complexity index is 567. The van der Waals surface area contributed by atoms with Crippen molar-refractivity contribution in [3.8, 4) is 0 Å². The largest absolute Gasteiger partial charge is 0.250 e. The number of benzene rings is 1. The van der Waals surface area contributed by atoms with Crippen molar-refractivity contribution in [3.63, 3.8) is 0 Å². The van der Waals surface area contributed by atoms with E-state index in [0.29, 0.717) is 11.8 Å². The number of aryl methyl sites for hydroxylation is 2. The van der Waals surface area contributed by atoms with E-state index in [1.54, 1.807) is 17.4 Å². The fraction of sp³-hybridized carbons (Fsp3) is 0.400. The minimum Gasteiger partial charge on any atom is -0.250 e. The van der Waals surface area contributed by atoms with Gasteiger partial charge >= 0.3 is 0 Å². The minimum absolute atomic E-state index is 0.254. The summed E-state index contributed by atoms with van der Waals surface area (Å²) in [6.07, 6.45) is 1.64. The first-order valence-corrected chi connectivity index (χ1v) is 8.33. The Labute approximate surface area is 132 Å². The lowest BCUT2D eigenvalue weighted by Gasteiger charge is -2.30. The lowest BCUT2D eigenvalue weighted by molar-refractivity contribution is 0.489. The van der Waals surface area contributed by atoms with Crippen molar-refractivity contribution in [1.82, 2.24) is 4.98 Å². The number of halogens is 3. The van der Waals surface area contributed by atoms with E-state index < -0.39 is 5.41 Å². The lowest BCUT2D eigenvalue weighted by atomic mass is 9.80. The maximum Gasteiger partial charge on any atom is 0.123 e. The normalized spacial score (nSPS) is 11.8. The van der Waals surface area contributed by atoms with Gasteiger partial charge in [-0.15, -0.1) is 34.5 Å². The SMILES string of the molecule is Cc1ncsc1CCC(CCl)(CCl)c1cccc(F)c1. The Morgan fingerprint density at radius 2 is 2.05 bits per heavy atom. The van der Waals surface area contributed by atoms with E-state index in [-0.39, 0.29) is 5.82 Å². The van der Waals surface area contributed by atoms with Crippen molar-refractivity contribution < 1.29 is 4.39 Å². The second-order valence-electron chi connectivity index (χ2n) is 4.92. The van der Waals surface area contributed by atoms with E-state index in [1.807, 2.05) is 18.5 Å². The van der Waals surface area contributed by atoms with Crippen LogP contribution in [0.2, 0.25) is 0 Å². The number of hydrogen-bond donors (Lipinski definition) is 0. The fourth-order valence-corrected chi connectivity index (χ4v) is 3.85. The molecule has 1 heterocycles. The van der Waals surface area contributed by atoms with Gasteiger partial charge in [-0.1, -0.05) is 12.1 Å². The summed E-state index contributed by atoms with van der Waals surface area (Å²) in [5.41, 5.74) is 3.36. The summed E-state index contributed by atoms with van der Waals surface area (Å²) in [7, 11) is 0. The Hall–Kier alpha value is -0.640. The van der Waals surface area contributed by atoms with Gasteiger partial charge in [0.2, 0.25) is 0 Å². The molecule has 0 unspecified atom stereocenters. The monoisotopic (exact) mass is 331 g/mol. The Morgan fingerprint density at radius 3 is 2.60 bits per heavy atom. The molecule has 0 N–H and O–H groups in total. The van der Waals surface area contributed by atoms with E-state index in [2.05, 4.69) is 4.98 Å². The van der Waals surface area contributed by atoms with Crippen LogP contribution >= 0.6 is 34.5 Å². The van der Waals surface area contributed by atoms with Gasteiger partial charge in [0.05, 0.1) is 11.2 Å². The smallest absolute Gasteiger partial charge is 0.123 e. The molecule has 1 aromatic carbocycles. The standard InChI is InChI=1S/C15H16Cl2FNS/c1-11-14(20-10-19-11)5-6-15(8-16,9-17)12-3-2-4-13(18)7-12/h2-4,7,10H,5-6,8-9H2,1H3.